The molecule has 7 heteroatoms. The van der Waals surface area contributed by atoms with Crippen LogP contribution >= 0.6 is 0 Å². The summed E-state index contributed by atoms with van der Waals surface area (Å²) in [7, 11) is 1.60. The van der Waals surface area contributed by atoms with E-state index >= 15 is 0 Å². The molecule has 2 heterocycles. The number of rotatable bonds is 4. The molecule has 0 radical (unpaired) electrons. The van der Waals surface area contributed by atoms with Gasteiger partial charge in [0.2, 0.25) is 5.43 Å². The van der Waals surface area contributed by atoms with E-state index in [2.05, 4.69) is 11.8 Å². The Morgan fingerprint density at radius 1 is 1.30 bits per heavy atom. The third kappa shape index (κ3) is 3.06. The molecule has 3 N–H and O–H groups in total. The summed E-state index contributed by atoms with van der Waals surface area (Å²) in [6, 6.07) is 3.88. The monoisotopic (exact) mass is 371 g/mol. The van der Waals surface area contributed by atoms with E-state index in [0.29, 0.717) is 22.6 Å². The number of nitrogens with zero attached hydrogens (tertiary/aromatic N) is 2. The summed E-state index contributed by atoms with van der Waals surface area (Å²) in [5.74, 6) is -0.112. The average molecular weight is 371 g/mol. The lowest BCUT2D eigenvalue weighted by Crippen LogP contribution is -2.46. The van der Waals surface area contributed by atoms with Crippen LogP contribution < -0.4 is 20.8 Å². The predicted octanol–water partition coefficient (Wildman–Crippen LogP) is 2.22. The molecule has 1 aromatic carbocycles. The molecule has 2 aliphatic rings. The minimum absolute atomic E-state index is 0.0918. The predicted molar refractivity (Wildman–Crippen MR) is 104 cm³/mol. The maximum Gasteiger partial charge on any atom is 0.341 e. The molecule has 1 saturated carbocycles. The molecule has 0 amide bonds. The molecule has 0 unspecified atom stereocenters. The van der Waals surface area contributed by atoms with Crippen LogP contribution in [0.1, 0.15) is 42.6 Å². The number of carboxylic acids is 1. The van der Waals surface area contributed by atoms with Crippen molar-refractivity contribution in [2.75, 3.05) is 25.1 Å². The zero-order valence-electron chi connectivity index (χ0n) is 15.6. The van der Waals surface area contributed by atoms with Gasteiger partial charge in [0.05, 0.1) is 23.7 Å². The summed E-state index contributed by atoms with van der Waals surface area (Å²) in [4.78, 5) is 26.5. The molecule has 2 fully saturated rings. The first kappa shape index (κ1) is 17.9. The molecule has 1 aliphatic heterocycles. The van der Waals surface area contributed by atoms with Crippen molar-refractivity contribution in [2.24, 2.45) is 11.7 Å². The Bertz CT molecular complexity index is 954. The maximum absolute atomic E-state index is 12.7. The number of anilines is 1. The number of aromatic nitrogens is 1. The number of pyridine rings is 1. The molecule has 2 atom stereocenters. The molecule has 144 valence electrons. The van der Waals surface area contributed by atoms with Crippen LogP contribution in [0.15, 0.2) is 23.1 Å². The standard InChI is InChI=1S/C20H25N3O4/c1-11-7-12(21)9-22(8-11)16-6-5-14-17(19(16)27-2)23(13-3-4-13)10-15(18(14)24)20(25)26/h5-6,10-13H,3-4,7-9,21H2,1-2H3,(H,25,26)/t11-,12-/m0/s1. The van der Waals surface area contributed by atoms with Crippen LogP contribution in [0, 0.1) is 5.92 Å². The lowest BCUT2D eigenvalue weighted by atomic mass is 9.95. The Labute approximate surface area is 157 Å². The molecular weight excluding hydrogens is 346 g/mol. The third-order valence-electron chi connectivity index (χ3n) is 5.53. The molecule has 4 rings (SSSR count). The minimum atomic E-state index is -1.20. The van der Waals surface area contributed by atoms with Crippen LogP contribution in [0.5, 0.6) is 5.75 Å². The second-order valence-corrected chi connectivity index (χ2v) is 7.84. The summed E-state index contributed by atoms with van der Waals surface area (Å²) in [5.41, 5.74) is 7.14. The van der Waals surface area contributed by atoms with Crippen molar-refractivity contribution in [3.8, 4) is 5.75 Å². The van der Waals surface area contributed by atoms with E-state index in [1.165, 1.54) is 6.20 Å². The summed E-state index contributed by atoms with van der Waals surface area (Å²) in [6.45, 7) is 3.78. The number of piperidine rings is 1. The fourth-order valence-corrected chi connectivity index (χ4v) is 4.25. The summed E-state index contributed by atoms with van der Waals surface area (Å²) in [6.07, 6.45) is 4.40. The Kier molecular flexibility index (Phi) is 4.34. The third-order valence-corrected chi connectivity index (χ3v) is 5.53. The fraction of sp³-hybridized carbons (Fsp3) is 0.500. The van der Waals surface area contributed by atoms with Crippen molar-refractivity contribution >= 4 is 22.6 Å². The highest BCUT2D eigenvalue weighted by Gasteiger charge is 2.31. The van der Waals surface area contributed by atoms with Gasteiger partial charge in [-0.25, -0.2) is 4.79 Å². The van der Waals surface area contributed by atoms with Gasteiger partial charge in [-0.05, 0) is 37.3 Å². The van der Waals surface area contributed by atoms with Crippen molar-refractivity contribution < 1.29 is 14.6 Å². The van der Waals surface area contributed by atoms with Gasteiger partial charge in [0.25, 0.3) is 0 Å². The molecule has 0 bridgehead atoms. The molecule has 2 aromatic rings. The summed E-state index contributed by atoms with van der Waals surface area (Å²) >= 11 is 0. The second kappa shape index (κ2) is 6.56. The van der Waals surface area contributed by atoms with E-state index in [-0.39, 0.29) is 17.6 Å². The highest BCUT2D eigenvalue weighted by atomic mass is 16.5. The average Bonchev–Trinajstić information content (AvgIpc) is 3.45. The number of benzene rings is 1. The zero-order valence-corrected chi connectivity index (χ0v) is 15.6. The van der Waals surface area contributed by atoms with Crippen LogP contribution in [0.3, 0.4) is 0 Å². The second-order valence-electron chi connectivity index (χ2n) is 7.84. The van der Waals surface area contributed by atoms with Crippen LogP contribution in [0.2, 0.25) is 0 Å². The van der Waals surface area contributed by atoms with E-state index in [1.807, 2.05) is 10.6 Å². The number of carboxylic acid groups (broad SMARTS) is 1. The number of hydrogen-bond acceptors (Lipinski definition) is 5. The number of aromatic carboxylic acids is 1. The Morgan fingerprint density at radius 2 is 2.04 bits per heavy atom. The molecule has 1 saturated heterocycles. The highest BCUT2D eigenvalue weighted by Crippen LogP contribution is 2.43. The number of nitrogens with two attached hydrogens (primary N) is 1. The lowest BCUT2D eigenvalue weighted by Gasteiger charge is -2.37. The van der Waals surface area contributed by atoms with Gasteiger partial charge in [0, 0.05) is 31.4 Å². The van der Waals surface area contributed by atoms with Crippen molar-refractivity contribution in [3.63, 3.8) is 0 Å². The van der Waals surface area contributed by atoms with Gasteiger partial charge >= 0.3 is 5.97 Å². The normalized spacial score (nSPS) is 22.9. The first-order chi connectivity index (χ1) is 12.9. The van der Waals surface area contributed by atoms with E-state index in [9.17, 15) is 14.7 Å². The fourth-order valence-electron chi connectivity index (χ4n) is 4.25. The topological polar surface area (TPSA) is 97.8 Å². The SMILES string of the molecule is COc1c(N2C[C@@H](C)C[C@H](N)C2)ccc2c(=O)c(C(=O)O)cn(C3CC3)c12. The molecule has 27 heavy (non-hydrogen) atoms. The number of hydrogen-bond donors (Lipinski definition) is 2. The van der Waals surface area contributed by atoms with Gasteiger partial charge in [-0.15, -0.1) is 0 Å². The van der Waals surface area contributed by atoms with Crippen molar-refractivity contribution in [3.05, 3.63) is 34.1 Å². The quantitative estimate of drug-likeness (QED) is 0.855. The number of carbonyl (C=O) groups is 1. The van der Waals surface area contributed by atoms with Gasteiger partial charge in [0.1, 0.15) is 5.56 Å². The first-order valence-corrected chi connectivity index (χ1v) is 9.40. The smallest absolute Gasteiger partial charge is 0.341 e. The highest BCUT2D eigenvalue weighted by molar-refractivity contribution is 5.97. The van der Waals surface area contributed by atoms with Crippen LogP contribution in [0.25, 0.3) is 10.9 Å². The van der Waals surface area contributed by atoms with E-state index < -0.39 is 11.4 Å². The first-order valence-electron chi connectivity index (χ1n) is 9.40. The molecular formula is C20H25N3O4. The lowest BCUT2D eigenvalue weighted by molar-refractivity contribution is 0.0695. The van der Waals surface area contributed by atoms with Gasteiger partial charge in [-0.1, -0.05) is 6.92 Å². The Balaban J connectivity index is 1.96. The maximum atomic E-state index is 12.7. The summed E-state index contributed by atoms with van der Waals surface area (Å²) in [5, 5.41) is 9.81. The molecule has 1 aliphatic carbocycles. The Morgan fingerprint density at radius 3 is 2.63 bits per heavy atom. The van der Waals surface area contributed by atoms with Crippen LogP contribution in [-0.4, -0.2) is 41.9 Å². The van der Waals surface area contributed by atoms with Gasteiger partial charge in [-0.3, -0.25) is 4.79 Å². The van der Waals surface area contributed by atoms with E-state index in [4.69, 9.17) is 10.5 Å². The number of fused-ring (bicyclic) bond motifs is 1. The zero-order chi connectivity index (χ0) is 19.3. The minimum Gasteiger partial charge on any atom is -0.492 e. The van der Waals surface area contributed by atoms with Crippen molar-refractivity contribution in [1.82, 2.24) is 4.57 Å². The van der Waals surface area contributed by atoms with E-state index in [1.54, 1.807) is 13.2 Å². The molecule has 1 aromatic heterocycles. The van der Waals surface area contributed by atoms with Gasteiger partial charge in [-0.2, -0.15) is 0 Å². The van der Waals surface area contributed by atoms with Crippen LogP contribution in [-0.2, 0) is 0 Å². The van der Waals surface area contributed by atoms with Crippen LogP contribution in [0.4, 0.5) is 5.69 Å². The van der Waals surface area contributed by atoms with Crippen molar-refractivity contribution in [2.45, 2.75) is 38.3 Å². The molecule has 0 spiro atoms. The van der Waals surface area contributed by atoms with Gasteiger partial charge < -0.3 is 25.0 Å². The summed E-state index contributed by atoms with van der Waals surface area (Å²) < 4.78 is 7.68. The Hall–Kier alpha value is -2.54. The number of methoxy groups -OCH3 is 1. The largest absolute Gasteiger partial charge is 0.492 e. The van der Waals surface area contributed by atoms with Gasteiger partial charge in [0.15, 0.2) is 5.75 Å². The van der Waals surface area contributed by atoms with E-state index in [0.717, 1.165) is 38.0 Å². The van der Waals surface area contributed by atoms with Crippen molar-refractivity contribution in [1.29, 1.82) is 0 Å². The molecule has 7 nitrogen and oxygen atoms in total. The number of ether oxygens (including phenoxy) is 1.